The fourth-order valence-electron chi connectivity index (χ4n) is 4.59. The summed E-state index contributed by atoms with van der Waals surface area (Å²) in [7, 11) is 1.84. The van der Waals surface area contributed by atoms with Crippen LogP contribution in [0.15, 0.2) is 40.9 Å². The number of nitrogens with zero attached hydrogens (tertiary/aromatic N) is 4. The monoisotopic (exact) mass is 498 g/mol. The largest absolute Gasteiger partial charge is 0.486 e. The first-order valence-corrected chi connectivity index (χ1v) is 13.8. The maximum absolute atomic E-state index is 13.0. The Morgan fingerprint density at radius 3 is 2.76 bits per heavy atom. The maximum atomic E-state index is 13.0. The van der Waals surface area contributed by atoms with Crippen molar-refractivity contribution >= 4 is 29.0 Å². The molecule has 1 saturated carbocycles. The summed E-state index contributed by atoms with van der Waals surface area (Å²) < 4.78 is 13.6. The van der Waals surface area contributed by atoms with Gasteiger partial charge in [0, 0.05) is 30.9 Å². The van der Waals surface area contributed by atoms with Crippen molar-refractivity contribution in [3.63, 3.8) is 0 Å². The van der Waals surface area contributed by atoms with Gasteiger partial charge in [-0.1, -0.05) is 43.2 Å². The van der Waals surface area contributed by atoms with Gasteiger partial charge in [0.05, 0.1) is 5.75 Å². The molecule has 2 aliphatic rings. The number of hydrogen-bond donors (Lipinski definition) is 0. The van der Waals surface area contributed by atoms with Gasteiger partial charge in [0.2, 0.25) is 5.91 Å². The molecule has 1 aromatic carbocycles. The lowest BCUT2D eigenvalue weighted by Gasteiger charge is -2.25. The van der Waals surface area contributed by atoms with Crippen molar-refractivity contribution in [2.45, 2.75) is 56.3 Å². The first kappa shape index (κ1) is 23.2. The van der Waals surface area contributed by atoms with Crippen molar-refractivity contribution in [1.82, 2.24) is 19.7 Å². The topological polar surface area (TPSA) is 69.5 Å². The van der Waals surface area contributed by atoms with E-state index in [0.717, 1.165) is 47.3 Å². The number of fused-ring (bicyclic) bond motifs is 1. The predicted octanol–water partition coefficient (Wildman–Crippen LogP) is 4.96. The van der Waals surface area contributed by atoms with Crippen LogP contribution in [0.3, 0.4) is 0 Å². The second-order valence-electron chi connectivity index (χ2n) is 8.83. The summed E-state index contributed by atoms with van der Waals surface area (Å²) in [6.07, 6.45) is 6.87. The molecule has 3 aromatic rings. The van der Waals surface area contributed by atoms with Gasteiger partial charge in [-0.25, -0.2) is 0 Å². The average molecular weight is 499 g/mol. The minimum Gasteiger partial charge on any atom is -0.486 e. The average Bonchev–Trinajstić information content (AvgIpc) is 3.53. The summed E-state index contributed by atoms with van der Waals surface area (Å²) in [5, 5.41) is 12.0. The number of hydrogen-bond acceptors (Lipinski definition) is 7. The van der Waals surface area contributed by atoms with Gasteiger partial charge in [0.25, 0.3) is 0 Å². The third kappa shape index (κ3) is 5.41. The number of ether oxygens (including phenoxy) is 2. The molecule has 9 heteroatoms. The molecule has 0 spiro atoms. The molecule has 0 N–H and O–H groups in total. The van der Waals surface area contributed by atoms with Crippen molar-refractivity contribution in [3.05, 3.63) is 52.0 Å². The molecule has 2 aromatic heterocycles. The molecule has 0 unspecified atom stereocenters. The summed E-state index contributed by atoms with van der Waals surface area (Å²) in [5.41, 5.74) is 1.02. The van der Waals surface area contributed by atoms with Gasteiger partial charge in [-0.3, -0.25) is 4.79 Å². The lowest BCUT2D eigenvalue weighted by atomic mass is 9.95. The number of thiophene rings is 1. The van der Waals surface area contributed by atoms with Gasteiger partial charge >= 0.3 is 0 Å². The van der Waals surface area contributed by atoms with Crippen molar-refractivity contribution < 1.29 is 14.3 Å². The van der Waals surface area contributed by atoms with Crippen molar-refractivity contribution in [3.8, 4) is 11.5 Å². The number of benzene rings is 1. The highest BCUT2D eigenvalue weighted by Crippen LogP contribution is 2.34. The van der Waals surface area contributed by atoms with E-state index in [1.807, 2.05) is 25.2 Å². The molecule has 34 heavy (non-hydrogen) atoms. The summed E-state index contributed by atoms with van der Waals surface area (Å²) in [5.74, 6) is 2.93. The Balaban J connectivity index is 1.24. The molecule has 7 nitrogen and oxygen atoms in total. The fraction of sp³-hybridized carbons (Fsp3) is 0.480. The van der Waals surface area contributed by atoms with Gasteiger partial charge in [-0.15, -0.1) is 21.5 Å². The predicted molar refractivity (Wildman–Crippen MR) is 134 cm³/mol. The van der Waals surface area contributed by atoms with Crippen LogP contribution in [0, 0.1) is 0 Å². The zero-order valence-corrected chi connectivity index (χ0v) is 21.1. The smallest absolute Gasteiger partial charge is 0.233 e. The molecule has 1 aliphatic carbocycles. The summed E-state index contributed by atoms with van der Waals surface area (Å²) >= 11 is 3.25. The molecule has 0 bridgehead atoms. The number of rotatable bonds is 8. The summed E-state index contributed by atoms with van der Waals surface area (Å²) in [6.45, 7) is 1.65. The van der Waals surface area contributed by atoms with E-state index in [1.54, 1.807) is 16.2 Å². The van der Waals surface area contributed by atoms with E-state index < -0.39 is 0 Å². The molecule has 0 saturated heterocycles. The molecule has 0 atom stereocenters. The Bertz CT molecular complexity index is 1110. The normalized spacial score (nSPS) is 15.9. The Hall–Kier alpha value is -2.52. The highest BCUT2D eigenvalue weighted by Gasteiger charge is 2.24. The number of carbonyl (C=O) groups excluding carboxylic acids is 1. The van der Waals surface area contributed by atoms with Crippen LogP contribution in [0.1, 0.15) is 54.4 Å². The third-order valence-corrected chi connectivity index (χ3v) is 8.17. The van der Waals surface area contributed by atoms with E-state index in [-0.39, 0.29) is 5.91 Å². The second-order valence-corrected chi connectivity index (χ2v) is 10.8. The molecule has 0 radical (unpaired) electrons. The molecule has 5 rings (SSSR count). The van der Waals surface area contributed by atoms with Crippen molar-refractivity contribution in [2.24, 2.45) is 0 Å². The van der Waals surface area contributed by atoms with Crippen LogP contribution in [0.2, 0.25) is 0 Å². The standard InChI is InChI=1S/C25H30N4O3S2/c1-28(16-18-9-10-21-22(14-18)32-12-11-31-21)24(30)17-34-25-27-26-23(15-20-8-5-13-33-20)29(25)19-6-3-2-4-7-19/h5,8-10,13-14,19H,2-4,6-7,11-12,15-17H2,1H3. The lowest BCUT2D eigenvalue weighted by molar-refractivity contribution is -0.127. The lowest BCUT2D eigenvalue weighted by Crippen LogP contribution is -2.28. The van der Waals surface area contributed by atoms with Crippen LogP contribution >= 0.6 is 23.1 Å². The highest BCUT2D eigenvalue weighted by atomic mass is 32.2. The van der Waals surface area contributed by atoms with Crippen LogP contribution in [0.4, 0.5) is 0 Å². The molecule has 1 aliphatic heterocycles. The van der Waals surface area contributed by atoms with Gasteiger partial charge in [0.1, 0.15) is 19.0 Å². The van der Waals surface area contributed by atoms with E-state index in [9.17, 15) is 4.79 Å². The maximum Gasteiger partial charge on any atom is 0.233 e. The highest BCUT2D eigenvalue weighted by molar-refractivity contribution is 7.99. The van der Waals surface area contributed by atoms with Gasteiger partial charge in [0.15, 0.2) is 16.7 Å². The Morgan fingerprint density at radius 2 is 1.97 bits per heavy atom. The van der Waals surface area contributed by atoms with E-state index in [2.05, 4.69) is 32.3 Å². The van der Waals surface area contributed by atoms with Crippen LogP contribution < -0.4 is 9.47 Å². The SMILES string of the molecule is CN(Cc1ccc2c(c1)OCCO2)C(=O)CSc1nnc(Cc2cccs2)n1C1CCCCC1. The first-order valence-electron chi connectivity index (χ1n) is 11.9. The summed E-state index contributed by atoms with van der Waals surface area (Å²) in [6, 6.07) is 10.5. The van der Waals surface area contributed by atoms with E-state index in [4.69, 9.17) is 9.47 Å². The van der Waals surface area contributed by atoms with Gasteiger partial charge < -0.3 is 18.9 Å². The minimum atomic E-state index is 0.0675. The van der Waals surface area contributed by atoms with E-state index >= 15 is 0 Å². The Labute approximate surface area is 208 Å². The van der Waals surface area contributed by atoms with Crippen LogP contribution in [0.5, 0.6) is 11.5 Å². The second kappa shape index (κ2) is 10.8. The number of thioether (sulfide) groups is 1. The quantitative estimate of drug-likeness (QED) is 0.409. The van der Waals surface area contributed by atoms with Gasteiger partial charge in [-0.2, -0.15) is 0 Å². The molecular formula is C25H30N4O3S2. The number of amides is 1. The molecule has 180 valence electrons. The summed E-state index contributed by atoms with van der Waals surface area (Å²) in [4.78, 5) is 16.0. The fourth-order valence-corrected chi connectivity index (χ4v) is 6.25. The van der Waals surface area contributed by atoms with Crippen LogP contribution in [-0.2, 0) is 17.8 Å². The molecular weight excluding hydrogens is 468 g/mol. The number of carbonyl (C=O) groups is 1. The molecule has 1 amide bonds. The van der Waals surface area contributed by atoms with Crippen LogP contribution in [-0.4, -0.2) is 51.6 Å². The minimum absolute atomic E-state index is 0.0675. The Morgan fingerprint density at radius 1 is 1.15 bits per heavy atom. The number of aromatic nitrogens is 3. The van der Waals surface area contributed by atoms with Crippen LogP contribution in [0.25, 0.3) is 0 Å². The van der Waals surface area contributed by atoms with Crippen molar-refractivity contribution in [1.29, 1.82) is 0 Å². The Kier molecular flexibility index (Phi) is 7.39. The zero-order chi connectivity index (χ0) is 23.3. The third-order valence-electron chi connectivity index (χ3n) is 6.36. The van der Waals surface area contributed by atoms with Crippen molar-refractivity contribution in [2.75, 3.05) is 26.0 Å². The first-order chi connectivity index (χ1) is 16.7. The van der Waals surface area contributed by atoms with Gasteiger partial charge in [-0.05, 0) is 42.0 Å². The molecule has 3 heterocycles. The zero-order valence-electron chi connectivity index (χ0n) is 19.4. The molecule has 1 fully saturated rings. The van der Waals surface area contributed by atoms with E-state index in [1.165, 1.54) is 35.9 Å². The van der Waals surface area contributed by atoms with E-state index in [0.29, 0.717) is 31.6 Å².